The van der Waals surface area contributed by atoms with Gasteiger partial charge in [-0.2, -0.15) is 5.26 Å². The first kappa shape index (κ1) is 10.5. The van der Waals surface area contributed by atoms with E-state index in [1.165, 1.54) is 13.0 Å². The third-order valence-corrected chi connectivity index (χ3v) is 3.05. The number of aryl methyl sites for hydroxylation is 1. The van der Waals surface area contributed by atoms with Gasteiger partial charge in [-0.15, -0.1) is 0 Å². The van der Waals surface area contributed by atoms with Gasteiger partial charge in [-0.25, -0.2) is 8.42 Å². The fourth-order valence-electron chi connectivity index (χ4n) is 0.718. The topological polar surface area (TPSA) is 96.0 Å². The fraction of sp³-hybridized carbons (Fsp3) is 0.429. The summed E-state index contributed by atoms with van der Waals surface area (Å²) >= 11 is 0. The van der Waals surface area contributed by atoms with E-state index in [1.54, 1.807) is 13.0 Å². The van der Waals surface area contributed by atoms with Crippen LogP contribution in [0.25, 0.3) is 0 Å². The molecule has 1 atom stereocenters. The van der Waals surface area contributed by atoms with Gasteiger partial charge in [0.2, 0.25) is 10.0 Å². The first-order valence-corrected chi connectivity index (χ1v) is 5.35. The number of nitrogens with zero attached hydrogens (tertiary/aromatic N) is 2. The zero-order valence-electron chi connectivity index (χ0n) is 7.68. The van der Waals surface area contributed by atoms with E-state index in [9.17, 15) is 8.42 Å². The molecule has 1 unspecified atom stereocenters. The summed E-state index contributed by atoms with van der Waals surface area (Å²) in [4.78, 5) is 0. The van der Waals surface area contributed by atoms with Gasteiger partial charge >= 0.3 is 0 Å². The lowest BCUT2D eigenvalue weighted by Crippen LogP contribution is -2.23. The Bertz CT molecular complexity index is 457. The highest BCUT2D eigenvalue weighted by molar-refractivity contribution is 7.93. The summed E-state index contributed by atoms with van der Waals surface area (Å²) in [7, 11) is -3.68. The maximum Gasteiger partial charge on any atom is 0.250 e. The summed E-state index contributed by atoms with van der Waals surface area (Å²) in [6, 6.07) is 3.06. The highest BCUT2D eigenvalue weighted by Crippen LogP contribution is 2.11. The maximum absolute atomic E-state index is 11.3. The van der Waals surface area contributed by atoms with E-state index in [2.05, 4.69) is 14.4 Å². The molecule has 1 aromatic heterocycles. The minimum Gasteiger partial charge on any atom is -0.360 e. The second-order valence-electron chi connectivity index (χ2n) is 2.74. The van der Waals surface area contributed by atoms with Crippen molar-refractivity contribution in [2.75, 3.05) is 4.72 Å². The third kappa shape index (κ3) is 2.23. The van der Waals surface area contributed by atoms with E-state index in [1.807, 2.05) is 0 Å². The molecule has 6 nitrogen and oxygen atoms in total. The molecule has 0 aromatic carbocycles. The molecule has 1 heterocycles. The quantitative estimate of drug-likeness (QED) is 0.797. The Balaban J connectivity index is 2.85. The third-order valence-electron chi connectivity index (χ3n) is 1.52. The maximum atomic E-state index is 11.3. The lowest BCUT2D eigenvalue weighted by molar-refractivity contribution is 0.400. The number of hydrogen-bond acceptors (Lipinski definition) is 5. The van der Waals surface area contributed by atoms with E-state index in [-0.39, 0.29) is 5.82 Å². The van der Waals surface area contributed by atoms with E-state index >= 15 is 0 Å². The van der Waals surface area contributed by atoms with E-state index in [0.29, 0.717) is 5.76 Å². The van der Waals surface area contributed by atoms with Crippen molar-refractivity contribution in [1.29, 1.82) is 5.26 Å². The summed E-state index contributed by atoms with van der Waals surface area (Å²) in [6.45, 7) is 2.92. The molecular formula is C7H9N3O3S. The molecular weight excluding hydrogens is 206 g/mol. The van der Waals surface area contributed by atoms with Crippen molar-refractivity contribution in [3.63, 3.8) is 0 Å². The van der Waals surface area contributed by atoms with Gasteiger partial charge in [0.15, 0.2) is 11.1 Å². The zero-order valence-corrected chi connectivity index (χ0v) is 8.50. The number of sulfonamides is 1. The second kappa shape index (κ2) is 3.67. The van der Waals surface area contributed by atoms with Crippen molar-refractivity contribution >= 4 is 15.8 Å². The molecule has 0 bridgehead atoms. The lowest BCUT2D eigenvalue weighted by atomic mass is 10.5. The van der Waals surface area contributed by atoms with Crippen LogP contribution in [0, 0.1) is 18.3 Å². The average molecular weight is 215 g/mol. The van der Waals surface area contributed by atoms with Gasteiger partial charge in [-0.3, -0.25) is 4.72 Å². The standard InChI is InChI=1S/C7H9N3O3S/c1-5-3-7(9-13-5)10-14(11,12)6(2)4-8/h3,6H,1-2H3,(H,9,10). The van der Waals surface area contributed by atoms with Crippen LogP contribution in [0.1, 0.15) is 12.7 Å². The van der Waals surface area contributed by atoms with Gasteiger partial charge < -0.3 is 4.52 Å². The Morgan fingerprint density at radius 3 is 2.79 bits per heavy atom. The van der Waals surface area contributed by atoms with Gasteiger partial charge in [0.25, 0.3) is 0 Å². The predicted octanol–water partition coefficient (Wildman–Crippen LogP) is 0.637. The zero-order chi connectivity index (χ0) is 10.8. The number of aromatic nitrogens is 1. The largest absolute Gasteiger partial charge is 0.360 e. The molecule has 0 spiro atoms. The first-order valence-electron chi connectivity index (χ1n) is 3.80. The highest BCUT2D eigenvalue weighted by atomic mass is 32.2. The smallest absolute Gasteiger partial charge is 0.250 e. The van der Waals surface area contributed by atoms with Crippen molar-refractivity contribution in [3.05, 3.63) is 11.8 Å². The molecule has 0 saturated heterocycles. The summed E-state index contributed by atoms with van der Waals surface area (Å²) in [5.74, 6) is 0.580. The SMILES string of the molecule is Cc1cc(NS(=O)(=O)C(C)C#N)no1. The summed E-state index contributed by atoms with van der Waals surface area (Å²) in [5, 5.41) is 10.8. The molecule has 14 heavy (non-hydrogen) atoms. The second-order valence-corrected chi connectivity index (χ2v) is 4.74. The van der Waals surface area contributed by atoms with Crippen molar-refractivity contribution in [3.8, 4) is 6.07 Å². The molecule has 0 aliphatic rings. The summed E-state index contributed by atoms with van der Waals surface area (Å²) < 4.78 is 29.4. The molecule has 0 aliphatic heterocycles. The van der Waals surface area contributed by atoms with Gasteiger partial charge in [-0.05, 0) is 13.8 Å². The van der Waals surface area contributed by atoms with E-state index < -0.39 is 15.3 Å². The molecule has 1 rings (SSSR count). The summed E-state index contributed by atoms with van der Waals surface area (Å²) in [6.07, 6.45) is 0. The molecule has 0 fully saturated rings. The minimum absolute atomic E-state index is 0.0876. The number of rotatable bonds is 3. The first-order chi connectivity index (χ1) is 6.45. The van der Waals surface area contributed by atoms with Crippen LogP contribution in [0.5, 0.6) is 0 Å². The molecule has 1 N–H and O–H groups in total. The van der Waals surface area contributed by atoms with Crippen LogP contribution in [0.4, 0.5) is 5.82 Å². The molecule has 0 amide bonds. The van der Waals surface area contributed by atoms with Crippen LogP contribution in [0.3, 0.4) is 0 Å². The Morgan fingerprint density at radius 2 is 2.36 bits per heavy atom. The Hall–Kier alpha value is -1.55. The monoisotopic (exact) mass is 215 g/mol. The van der Waals surface area contributed by atoms with E-state index in [0.717, 1.165) is 0 Å². The Kier molecular flexibility index (Phi) is 2.76. The minimum atomic E-state index is -3.68. The van der Waals surface area contributed by atoms with Crippen LogP contribution in [0.2, 0.25) is 0 Å². The number of nitriles is 1. The van der Waals surface area contributed by atoms with Crippen molar-refractivity contribution in [2.24, 2.45) is 0 Å². The number of nitrogens with one attached hydrogen (secondary N) is 1. The van der Waals surface area contributed by atoms with Gasteiger partial charge in [0.05, 0.1) is 6.07 Å². The van der Waals surface area contributed by atoms with Crippen LogP contribution in [-0.4, -0.2) is 18.8 Å². The molecule has 7 heteroatoms. The van der Waals surface area contributed by atoms with Crippen molar-refractivity contribution in [1.82, 2.24) is 5.16 Å². The van der Waals surface area contributed by atoms with Crippen LogP contribution >= 0.6 is 0 Å². The number of hydrogen-bond donors (Lipinski definition) is 1. The molecule has 0 radical (unpaired) electrons. The predicted molar refractivity (Wildman–Crippen MR) is 48.9 cm³/mol. The van der Waals surface area contributed by atoms with Crippen LogP contribution in [-0.2, 0) is 10.0 Å². The summed E-state index contributed by atoms with van der Waals surface area (Å²) in [5.41, 5.74) is 0. The molecule has 1 aromatic rings. The molecule has 76 valence electrons. The van der Waals surface area contributed by atoms with Gasteiger partial charge in [0.1, 0.15) is 5.76 Å². The lowest BCUT2D eigenvalue weighted by Gasteiger charge is -2.04. The highest BCUT2D eigenvalue weighted by Gasteiger charge is 2.21. The van der Waals surface area contributed by atoms with Crippen LogP contribution < -0.4 is 4.72 Å². The fourth-order valence-corrected chi connectivity index (χ4v) is 1.42. The molecule has 0 aliphatic carbocycles. The normalized spacial score (nSPS) is 13.2. The van der Waals surface area contributed by atoms with Crippen LogP contribution in [0.15, 0.2) is 10.6 Å². The average Bonchev–Trinajstić information content (AvgIpc) is 2.48. The number of anilines is 1. The Morgan fingerprint density at radius 1 is 1.71 bits per heavy atom. The van der Waals surface area contributed by atoms with Crippen molar-refractivity contribution in [2.45, 2.75) is 19.1 Å². The molecule has 0 saturated carbocycles. The Labute approximate surface area is 81.6 Å². The van der Waals surface area contributed by atoms with Crippen molar-refractivity contribution < 1.29 is 12.9 Å². The van der Waals surface area contributed by atoms with Gasteiger partial charge in [0, 0.05) is 6.07 Å². The van der Waals surface area contributed by atoms with Gasteiger partial charge in [-0.1, -0.05) is 5.16 Å². The van der Waals surface area contributed by atoms with E-state index in [4.69, 9.17) is 5.26 Å².